The van der Waals surface area contributed by atoms with Gasteiger partial charge in [0, 0.05) is 0 Å². The van der Waals surface area contributed by atoms with Gasteiger partial charge in [-0.2, -0.15) is 0 Å². The van der Waals surface area contributed by atoms with Crippen LogP contribution >= 0.6 is 0 Å². The Hall–Kier alpha value is -0.0800. The molecular formula is C15H31O2. The SMILES string of the molecule is [CH2]C(OC(C)C)C(CCCCCC)OC(C)C. The van der Waals surface area contributed by atoms with Gasteiger partial charge in [-0.05, 0) is 41.0 Å². The van der Waals surface area contributed by atoms with Crippen molar-refractivity contribution in [1.82, 2.24) is 0 Å². The molecule has 0 amide bonds. The van der Waals surface area contributed by atoms with Gasteiger partial charge in [0.15, 0.2) is 0 Å². The first-order valence-electron chi connectivity index (χ1n) is 7.11. The van der Waals surface area contributed by atoms with Gasteiger partial charge in [0.2, 0.25) is 0 Å². The van der Waals surface area contributed by atoms with Crippen molar-refractivity contribution in [1.29, 1.82) is 0 Å². The molecule has 2 nitrogen and oxygen atoms in total. The van der Waals surface area contributed by atoms with Crippen LogP contribution in [0, 0.1) is 6.92 Å². The van der Waals surface area contributed by atoms with E-state index in [1.54, 1.807) is 0 Å². The standard InChI is InChI=1S/C15H31O2/c1-7-8-9-10-11-15(17-13(4)5)14(6)16-12(2)3/h12-15H,6-11H2,1-5H3. The van der Waals surface area contributed by atoms with Gasteiger partial charge in [-0.25, -0.2) is 0 Å². The van der Waals surface area contributed by atoms with Crippen LogP contribution in [-0.4, -0.2) is 24.4 Å². The fourth-order valence-electron chi connectivity index (χ4n) is 1.90. The normalized spacial score (nSPS) is 15.5. The van der Waals surface area contributed by atoms with E-state index >= 15 is 0 Å². The van der Waals surface area contributed by atoms with Crippen LogP contribution in [0.3, 0.4) is 0 Å². The van der Waals surface area contributed by atoms with E-state index < -0.39 is 0 Å². The molecule has 0 saturated heterocycles. The summed E-state index contributed by atoms with van der Waals surface area (Å²) < 4.78 is 11.6. The molecule has 0 rings (SSSR count). The lowest BCUT2D eigenvalue weighted by molar-refractivity contribution is -0.0951. The highest BCUT2D eigenvalue weighted by Gasteiger charge is 2.20. The van der Waals surface area contributed by atoms with Gasteiger partial charge in [0.25, 0.3) is 0 Å². The van der Waals surface area contributed by atoms with Crippen molar-refractivity contribution < 1.29 is 9.47 Å². The Morgan fingerprint density at radius 1 is 0.882 bits per heavy atom. The zero-order chi connectivity index (χ0) is 13.3. The molecule has 0 bridgehead atoms. The highest BCUT2D eigenvalue weighted by atomic mass is 16.5. The van der Waals surface area contributed by atoms with Crippen LogP contribution < -0.4 is 0 Å². The largest absolute Gasteiger partial charge is 0.373 e. The van der Waals surface area contributed by atoms with Gasteiger partial charge in [-0.1, -0.05) is 32.6 Å². The molecule has 0 fully saturated rings. The molecule has 2 atom stereocenters. The molecule has 0 aromatic heterocycles. The van der Waals surface area contributed by atoms with Crippen molar-refractivity contribution in [3.63, 3.8) is 0 Å². The van der Waals surface area contributed by atoms with Gasteiger partial charge < -0.3 is 9.47 Å². The van der Waals surface area contributed by atoms with Crippen LogP contribution in [-0.2, 0) is 9.47 Å². The minimum absolute atomic E-state index is 0.0565. The lowest BCUT2D eigenvalue weighted by Crippen LogP contribution is -2.33. The quantitative estimate of drug-likeness (QED) is 0.530. The highest BCUT2D eigenvalue weighted by molar-refractivity contribution is 4.75. The summed E-state index contributed by atoms with van der Waals surface area (Å²) in [5, 5.41) is 0. The number of unbranched alkanes of at least 4 members (excludes halogenated alkanes) is 3. The maximum Gasteiger partial charge on any atom is 0.0841 e. The fraction of sp³-hybridized carbons (Fsp3) is 0.933. The van der Waals surface area contributed by atoms with E-state index in [1.807, 2.05) is 13.8 Å². The van der Waals surface area contributed by atoms with Crippen molar-refractivity contribution in [3.8, 4) is 0 Å². The second-order valence-electron chi connectivity index (χ2n) is 5.30. The first-order chi connectivity index (χ1) is 7.97. The third kappa shape index (κ3) is 9.61. The van der Waals surface area contributed by atoms with Gasteiger partial charge in [0.1, 0.15) is 0 Å². The van der Waals surface area contributed by atoms with Gasteiger partial charge in [-0.3, -0.25) is 0 Å². The third-order valence-electron chi connectivity index (χ3n) is 2.65. The number of hydrogen-bond donors (Lipinski definition) is 0. The van der Waals surface area contributed by atoms with Gasteiger partial charge >= 0.3 is 0 Å². The minimum atomic E-state index is -0.0565. The van der Waals surface area contributed by atoms with E-state index in [9.17, 15) is 0 Å². The predicted octanol–water partition coefficient (Wildman–Crippen LogP) is 4.38. The molecule has 103 valence electrons. The smallest absolute Gasteiger partial charge is 0.0841 e. The molecule has 0 heterocycles. The summed E-state index contributed by atoms with van der Waals surface area (Å²) in [5.41, 5.74) is 0. The summed E-state index contributed by atoms with van der Waals surface area (Å²) in [6.07, 6.45) is 6.65. The van der Waals surface area contributed by atoms with Crippen LogP contribution in [0.1, 0.15) is 66.7 Å². The molecule has 1 radical (unpaired) electrons. The van der Waals surface area contributed by atoms with E-state index in [-0.39, 0.29) is 24.4 Å². The topological polar surface area (TPSA) is 18.5 Å². The zero-order valence-corrected chi connectivity index (χ0v) is 12.4. The Labute approximate surface area is 108 Å². The molecule has 0 aromatic rings. The van der Waals surface area contributed by atoms with E-state index in [0.717, 1.165) is 6.42 Å². The molecular weight excluding hydrogens is 212 g/mol. The molecule has 0 aliphatic carbocycles. The summed E-state index contributed by atoms with van der Waals surface area (Å²) in [6, 6.07) is 0. The summed E-state index contributed by atoms with van der Waals surface area (Å²) in [6.45, 7) is 14.5. The van der Waals surface area contributed by atoms with E-state index in [4.69, 9.17) is 9.47 Å². The highest BCUT2D eigenvalue weighted by Crippen LogP contribution is 2.16. The molecule has 17 heavy (non-hydrogen) atoms. The van der Waals surface area contributed by atoms with Crippen molar-refractivity contribution in [2.24, 2.45) is 0 Å². The molecule has 0 spiro atoms. The molecule has 0 aliphatic heterocycles. The first kappa shape index (κ1) is 16.9. The van der Waals surface area contributed by atoms with Crippen molar-refractivity contribution >= 4 is 0 Å². The summed E-state index contributed by atoms with van der Waals surface area (Å²) in [4.78, 5) is 0. The Kier molecular flexibility index (Phi) is 9.85. The van der Waals surface area contributed by atoms with Crippen LogP contribution in [0.2, 0.25) is 0 Å². The third-order valence-corrected chi connectivity index (χ3v) is 2.65. The maximum atomic E-state index is 5.91. The number of rotatable bonds is 10. The summed E-state index contributed by atoms with van der Waals surface area (Å²) >= 11 is 0. The second kappa shape index (κ2) is 9.90. The molecule has 0 N–H and O–H groups in total. The molecule has 0 aromatic carbocycles. The van der Waals surface area contributed by atoms with E-state index in [0.29, 0.717) is 0 Å². The Bertz CT molecular complexity index is 166. The van der Waals surface area contributed by atoms with Crippen LogP contribution in [0.15, 0.2) is 0 Å². The average molecular weight is 243 g/mol. The monoisotopic (exact) mass is 243 g/mol. The predicted molar refractivity (Wildman–Crippen MR) is 74.1 cm³/mol. The Morgan fingerprint density at radius 3 is 1.94 bits per heavy atom. The molecule has 2 unspecified atom stereocenters. The molecule has 0 saturated carbocycles. The van der Waals surface area contributed by atoms with Crippen LogP contribution in [0.5, 0.6) is 0 Å². The van der Waals surface area contributed by atoms with Crippen molar-refractivity contribution in [2.75, 3.05) is 0 Å². The Morgan fingerprint density at radius 2 is 1.47 bits per heavy atom. The van der Waals surface area contributed by atoms with Gasteiger partial charge in [-0.15, -0.1) is 0 Å². The molecule has 0 aliphatic rings. The first-order valence-corrected chi connectivity index (χ1v) is 7.11. The van der Waals surface area contributed by atoms with Crippen LogP contribution in [0.4, 0.5) is 0 Å². The van der Waals surface area contributed by atoms with E-state index in [2.05, 4.69) is 27.7 Å². The van der Waals surface area contributed by atoms with Crippen molar-refractivity contribution in [2.45, 2.75) is 91.1 Å². The lowest BCUT2D eigenvalue weighted by Gasteiger charge is -2.28. The Balaban J connectivity index is 4.03. The minimum Gasteiger partial charge on any atom is -0.373 e. The lowest BCUT2D eigenvalue weighted by atomic mass is 10.1. The maximum absolute atomic E-state index is 5.91. The van der Waals surface area contributed by atoms with Crippen molar-refractivity contribution in [3.05, 3.63) is 6.92 Å². The van der Waals surface area contributed by atoms with E-state index in [1.165, 1.54) is 25.7 Å². The number of hydrogen-bond acceptors (Lipinski definition) is 2. The second-order valence-corrected chi connectivity index (χ2v) is 5.30. The molecule has 2 heteroatoms. The summed E-state index contributed by atoms with van der Waals surface area (Å²) in [5.74, 6) is 0. The fourth-order valence-corrected chi connectivity index (χ4v) is 1.90. The number of ether oxygens (including phenoxy) is 2. The van der Waals surface area contributed by atoms with Crippen LogP contribution in [0.25, 0.3) is 0 Å². The van der Waals surface area contributed by atoms with Gasteiger partial charge in [0.05, 0.1) is 24.4 Å². The summed E-state index contributed by atoms with van der Waals surface area (Å²) in [7, 11) is 0. The average Bonchev–Trinajstić information content (AvgIpc) is 2.21. The zero-order valence-electron chi connectivity index (χ0n) is 12.4.